The van der Waals surface area contributed by atoms with Crippen LogP contribution in [0.2, 0.25) is 0 Å². The number of nitrogens with one attached hydrogen (secondary N) is 1. The summed E-state index contributed by atoms with van der Waals surface area (Å²) < 4.78 is 5.92. The molecule has 0 heterocycles. The van der Waals surface area contributed by atoms with Gasteiger partial charge in [-0.25, -0.2) is 0 Å². The van der Waals surface area contributed by atoms with Crippen LogP contribution in [0.1, 0.15) is 284 Å². The van der Waals surface area contributed by atoms with Gasteiger partial charge in [0.05, 0.1) is 25.2 Å². The molecule has 56 heavy (non-hydrogen) atoms. The van der Waals surface area contributed by atoms with Gasteiger partial charge in [-0.3, -0.25) is 9.59 Å². The molecule has 0 aliphatic carbocycles. The molecule has 0 aliphatic heterocycles. The molecule has 3 atom stereocenters. The molecule has 0 saturated heterocycles. The largest absolute Gasteiger partial charge is 0.462 e. The van der Waals surface area contributed by atoms with Crippen LogP contribution in [0.4, 0.5) is 0 Å². The van der Waals surface area contributed by atoms with Gasteiger partial charge in [-0.1, -0.05) is 245 Å². The Kier molecular flexibility index (Phi) is 44.0. The van der Waals surface area contributed by atoms with E-state index >= 15 is 0 Å². The highest BCUT2D eigenvalue weighted by Gasteiger charge is 2.24. The molecule has 0 aromatic carbocycles. The van der Waals surface area contributed by atoms with Crippen molar-refractivity contribution in [3.8, 4) is 0 Å². The summed E-state index contributed by atoms with van der Waals surface area (Å²) in [5.41, 5.74) is 0. The van der Waals surface area contributed by atoms with E-state index in [2.05, 4.69) is 26.1 Å². The average molecular weight is 794 g/mol. The monoisotopic (exact) mass is 794 g/mol. The Bertz CT molecular complexity index is 806. The normalized spacial score (nSPS) is 13.2. The minimum Gasteiger partial charge on any atom is -0.462 e. The molecule has 6 heteroatoms. The maximum atomic E-state index is 13.2. The van der Waals surface area contributed by atoms with Gasteiger partial charge in [0, 0.05) is 6.42 Å². The maximum Gasteiger partial charge on any atom is 0.306 e. The van der Waals surface area contributed by atoms with E-state index in [1.807, 2.05) is 0 Å². The number of unbranched alkanes of at least 4 members (excludes halogenated alkanes) is 34. The number of rotatable bonds is 46. The van der Waals surface area contributed by atoms with Crippen LogP contribution in [-0.2, 0) is 14.3 Å². The summed E-state index contributed by atoms with van der Waals surface area (Å²) in [6.07, 6.45) is 47.3. The lowest BCUT2D eigenvalue weighted by atomic mass is 10.0. The van der Waals surface area contributed by atoms with Crippen molar-refractivity contribution in [3.63, 3.8) is 0 Å². The molecular formula is C50H99NO5. The van der Waals surface area contributed by atoms with Crippen LogP contribution in [0.15, 0.2) is 0 Å². The quantitative estimate of drug-likeness (QED) is 0.0421. The van der Waals surface area contributed by atoms with Crippen molar-refractivity contribution in [2.75, 3.05) is 6.61 Å². The highest BCUT2D eigenvalue weighted by molar-refractivity contribution is 5.77. The molecule has 334 valence electrons. The summed E-state index contributed by atoms with van der Waals surface area (Å²) >= 11 is 0. The van der Waals surface area contributed by atoms with E-state index in [9.17, 15) is 19.8 Å². The molecule has 1 amide bonds. The molecule has 0 bridgehead atoms. The standard InChI is InChI=1S/C50H99NO5/c1-4-7-10-13-16-19-22-24-25-28-30-33-36-39-42-48(53)47(45-52)51-49(54)44-46(41-38-35-32-29-27-23-20-17-14-11-8-5-2)56-50(55)43-40-37-34-31-26-21-18-15-12-9-6-3/h46-48,52-53H,4-45H2,1-3H3,(H,51,54). The lowest BCUT2D eigenvalue weighted by Crippen LogP contribution is -2.46. The third-order valence-corrected chi connectivity index (χ3v) is 11.9. The zero-order valence-corrected chi connectivity index (χ0v) is 38.0. The highest BCUT2D eigenvalue weighted by atomic mass is 16.5. The minimum atomic E-state index is -0.778. The highest BCUT2D eigenvalue weighted by Crippen LogP contribution is 2.19. The Morgan fingerprint density at radius 1 is 0.446 bits per heavy atom. The fourth-order valence-electron chi connectivity index (χ4n) is 8.08. The van der Waals surface area contributed by atoms with Crippen molar-refractivity contribution in [2.45, 2.75) is 302 Å². The topological polar surface area (TPSA) is 95.9 Å². The molecule has 0 spiro atoms. The second-order valence-electron chi connectivity index (χ2n) is 17.6. The second-order valence-corrected chi connectivity index (χ2v) is 17.6. The molecule has 0 radical (unpaired) electrons. The third kappa shape index (κ3) is 39.7. The maximum absolute atomic E-state index is 13.2. The van der Waals surface area contributed by atoms with Gasteiger partial charge in [-0.15, -0.1) is 0 Å². The van der Waals surface area contributed by atoms with Crippen LogP contribution >= 0.6 is 0 Å². The first kappa shape index (κ1) is 54.9. The van der Waals surface area contributed by atoms with E-state index in [1.54, 1.807) is 0 Å². The van der Waals surface area contributed by atoms with Gasteiger partial charge >= 0.3 is 5.97 Å². The Morgan fingerprint density at radius 2 is 0.750 bits per heavy atom. The smallest absolute Gasteiger partial charge is 0.306 e. The van der Waals surface area contributed by atoms with Gasteiger partial charge < -0.3 is 20.3 Å². The average Bonchev–Trinajstić information content (AvgIpc) is 3.19. The fraction of sp³-hybridized carbons (Fsp3) is 0.960. The molecule has 0 aromatic rings. The van der Waals surface area contributed by atoms with Crippen LogP contribution in [-0.4, -0.2) is 46.9 Å². The number of hydrogen-bond acceptors (Lipinski definition) is 5. The van der Waals surface area contributed by atoms with Gasteiger partial charge in [0.2, 0.25) is 5.91 Å². The van der Waals surface area contributed by atoms with Crippen LogP contribution in [0.25, 0.3) is 0 Å². The van der Waals surface area contributed by atoms with E-state index in [0.717, 1.165) is 44.9 Å². The predicted molar refractivity (Wildman–Crippen MR) is 241 cm³/mol. The van der Waals surface area contributed by atoms with E-state index in [0.29, 0.717) is 19.3 Å². The summed E-state index contributed by atoms with van der Waals surface area (Å²) in [7, 11) is 0. The number of hydrogen-bond donors (Lipinski definition) is 3. The van der Waals surface area contributed by atoms with E-state index in [4.69, 9.17) is 4.74 Å². The SMILES string of the molecule is CCCCCCCCCCCCCCCCC(O)C(CO)NC(=O)CC(CCCCCCCCCCCCCC)OC(=O)CCCCCCCCCCCCC. The number of esters is 1. The van der Waals surface area contributed by atoms with Crippen molar-refractivity contribution >= 4 is 11.9 Å². The summed E-state index contributed by atoms with van der Waals surface area (Å²) in [4.78, 5) is 26.0. The number of carbonyl (C=O) groups excluding carboxylic acids is 2. The fourth-order valence-corrected chi connectivity index (χ4v) is 8.08. The summed E-state index contributed by atoms with van der Waals surface area (Å²) in [6.45, 7) is 6.50. The first-order valence-corrected chi connectivity index (χ1v) is 25.3. The van der Waals surface area contributed by atoms with Crippen molar-refractivity contribution in [3.05, 3.63) is 0 Å². The Hall–Kier alpha value is -1.14. The number of carbonyl (C=O) groups is 2. The molecule has 0 saturated carbocycles. The Labute approximate surface area is 349 Å². The van der Waals surface area contributed by atoms with Gasteiger partial charge in [-0.2, -0.15) is 0 Å². The van der Waals surface area contributed by atoms with Gasteiger partial charge in [0.15, 0.2) is 0 Å². The zero-order valence-electron chi connectivity index (χ0n) is 38.0. The minimum absolute atomic E-state index is 0.0874. The van der Waals surface area contributed by atoms with Crippen molar-refractivity contribution in [1.82, 2.24) is 5.32 Å². The number of amides is 1. The second kappa shape index (κ2) is 45.0. The summed E-state index contributed by atoms with van der Waals surface area (Å²) in [5, 5.41) is 23.7. The Morgan fingerprint density at radius 3 is 1.09 bits per heavy atom. The number of ether oxygens (including phenoxy) is 1. The van der Waals surface area contributed by atoms with Gasteiger partial charge in [0.1, 0.15) is 6.10 Å². The molecule has 0 rings (SSSR count). The zero-order chi connectivity index (χ0) is 41.0. The van der Waals surface area contributed by atoms with Gasteiger partial charge in [-0.05, 0) is 25.7 Å². The Balaban J connectivity index is 4.49. The van der Waals surface area contributed by atoms with Crippen molar-refractivity contribution in [1.29, 1.82) is 0 Å². The van der Waals surface area contributed by atoms with Gasteiger partial charge in [0.25, 0.3) is 0 Å². The van der Waals surface area contributed by atoms with Crippen molar-refractivity contribution < 1.29 is 24.5 Å². The molecule has 3 N–H and O–H groups in total. The summed E-state index contributed by atoms with van der Waals surface area (Å²) in [5.74, 6) is -0.454. The molecule has 0 aromatic heterocycles. The number of aliphatic hydroxyl groups excluding tert-OH is 2. The molecule has 0 fully saturated rings. The third-order valence-electron chi connectivity index (χ3n) is 11.9. The van der Waals surface area contributed by atoms with Crippen LogP contribution in [0, 0.1) is 0 Å². The summed E-state index contributed by atoms with van der Waals surface area (Å²) in [6, 6.07) is -0.691. The molecule has 6 nitrogen and oxygen atoms in total. The lowest BCUT2D eigenvalue weighted by Gasteiger charge is -2.24. The first-order chi connectivity index (χ1) is 27.5. The predicted octanol–water partition coefficient (Wildman–Crippen LogP) is 14.8. The molecular weight excluding hydrogens is 695 g/mol. The molecule has 3 unspecified atom stereocenters. The van der Waals surface area contributed by atoms with Crippen LogP contribution in [0.3, 0.4) is 0 Å². The van der Waals surface area contributed by atoms with E-state index in [-0.39, 0.29) is 24.9 Å². The van der Waals surface area contributed by atoms with Crippen LogP contribution in [0.5, 0.6) is 0 Å². The van der Waals surface area contributed by atoms with E-state index < -0.39 is 18.2 Å². The lowest BCUT2D eigenvalue weighted by molar-refractivity contribution is -0.151. The first-order valence-electron chi connectivity index (χ1n) is 25.3. The van der Waals surface area contributed by atoms with Crippen LogP contribution < -0.4 is 5.32 Å². The number of aliphatic hydroxyl groups is 2. The van der Waals surface area contributed by atoms with Crippen molar-refractivity contribution in [2.24, 2.45) is 0 Å². The van der Waals surface area contributed by atoms with E-state index in [1.165, 1.54) is 193 Å². The molecule has 0 aliphatic rings.